The Morgan fingerprint density at radius 1 is 1.03 bits per heavy atom. The van der Waals surface area contributed by atoms with Crippen LogP contribution < -0.4 is 0 Å². The first-order chi connectivity index (χ1) is 13.8. The summed E-state index contributed by atoms with van der Waals surface area (Å²) in [5, 5.41) is 18.1. The zero-order valence-corrected chi connectivity index (χ0v) is 16.8. The predicted octanol–water partition coefficient (Wildman–Crippen LogP) is 3.03. The highest BCUT2D eigenvalue weighted by molar-refractivity contribution is 5.96. The lowest BCUT2D eigenvalue weighted by Crippen LogP contribution is -2.56. The van der Waals surface area contributed by atoms with Gasteiger partial charge in [0, 0.05) is 31.3 Å². The highest BCUT2D eigenvalue weighted by Gasteiger charge is 2.34. The summed E-state index contributed by atoms with van der Waals surface area (Å²) in [4.78, 5) is 29.0. The first-order valence-electron chi connectivity index (χ1n) is 9.43. The van der Waals surface area contributed by atoms with Crippen molar-refractivity contribution in [2.75, 3.05) is 20.1 Å². The van der Waals surface area contributed by atoms with E-state index in [1.807, 2.05) is 6.92 Å². The van der Waals surface area contributed by atoms with Crippen molar-refractivity contribution in [3.8, 4) is 12.1 Å². The molecule has 6 nitrogen and oxygen atoms in total. The average Bonchev–Trinajstić information content (AvgIpc) is 2.70. The van der Waals surface area contributed by atoms with E-state index in [2.05, 4.69) is 12.1 Å². The van der Waals surface area contributed by atoms with E-state index in [0.717, 1.165) is 17.5 Å². The van der Waals surface area contributed by atoms with Gasteiger partial charge in [0.1, 0.15) is 0 Å². The number of rotatable bonds is 4. The fourth-order valence-corrected chi connectivity index (χ4v) is 3.53. The molecule has 1 aliphatic heterocycles. The van der Waals surface area contributed by atoms with Gasteiger partial charge in [-0.05, 0) is 67.8 Å². The molecule has 0 radical (unpaired) electrons. The number of carbonyl (C=O) groups excluding carboxylic acids is 2. The summed E-state index contributed by atoms with van der Waals surface area (Å²) >= 11 is 0. The lowest BCUT2D eigenvalue weighted by molar-refractivity contribution is 0.0359. The van der Waals surface area contributed by atoms with Crippen molar-refractivity contribution in [2.45, 2.75) is 26.3 Å². The Hall–Kier alpha value is -3.64. The maximum Gasteiger partial charge on any atom is 0.254 e. The molecule has 0 spiro atoms. The van der Waals surface area contributed by atoms with Gasteiger partial charge in [0.25, 0.3) is 11.8 Å². The van der Waals surface area contributed by atoms with Crippen LogP contribution in [-0.4, -0.2) is 47.8 Å². The van der Waals surface area contributed by atoms with E-state index in [4.69, 9.17) is 10.5 Å². The summed E-state index contributed by atoms with van der Waals surface area (Å²) in [5.74, 6) is -0.213. The quantitative estimate of drug-likeness (QED) is 0.808. The third-order valence-electron chi connectivity index (χ3n) is 5.42. The van der Waals surface area contributed by atoms with Gasteiger partial charge in [-0.2, -0.15) is 10.5 Å². The monoisotopic (exact) mass is 386 g/mol. The highest BCUT2D eigenvalue weighted by Crippen LogP contribution is 2.23. The van der Waals surface area contributed by atoms with E-state index in [9.17, 15) is 9.59 Å². The number of likely N-dealkylation sites (tertiary alicyclic amines) is 1. The van der Waals surface area contributed by atoms with Crippen LogP contribution in [0.15, 0.2) is 36.4 Å². The molecular formula is C23H22N4O2. The minimum absolute atomic E-state index is 0.0353. The van der Waals surface area contributed by atoms with E-state index >= 15 is 0 Å². The van der Waals surface area contributed by atoms with Gasteiger partial charge in [0.2, 0.25) is 0 Å². The van der Waals surface area contributed by atoms with Crippen LogP contribution in [0.5, 0.6) is 0 Å². The van der Waals surface area contributed by atoms with Gasteiger partial charge < -0.3 is 9.80 Å². The van der Waals surface area contributed by atoms with Crippen molar-refractivity contribution in [1.29, 1.82) is 10.5 Å². The third kappa shape index (κ3) is 3.97. The number of likely N-dealkylation sites (N-methyl/N-ethyl adjacent to an activating group) is 1. The number of hydrogen-bond acceptors (Lipinski definition) is 4. The Balaban J connectivity index is 1.67. The molecule has 1 fully saturated rings. The molecule has 2 amide bonds. The minimum Gasteiger partial charge on any atom is -0.340 e. The molecule has 1 heterocycles. The van der Waals surface area contributed by atoms with Gasteiger partial charge in [-0.1, -0.05) is 0 Å². The second-order valence-corrected chi connectivity index (χ2v) is 7.41. The van der Waals surface area contributed by atoms with Crippen LogP contribution >= 0.6 is 0 Å². The molecular weight excluding hydrogens is 364 g/mol. The van der Waals surface area contributed by atoms with Crippen LogP contribution in [0.1, 0.15) is 49.4 Å². The van der Waals surface area contributed by atoms with E-state index in [-0.39, 0.29) is 17.9 Å². The van der Waals surface area contributed by atoms with E-state index < -0.39 is 0 Å². The zero-order valence-electron chi connectivity index (χ0n) is 16.8. The molecule has 1 atom stereocenters. The minimum atomic E-state index is -0.133. The lowest BCUT2D eigenvalue weighted by Gasteiger charge is -2.43. The molecule has 0 bridgehead atoms. The van der Waals surface area contributed by atoms with Crippen LogP contribution in [0.2, 0.25) is 0 Å². The normalized spacial score (nSPS) is 15.1. The van der Waals surface area contributed by atoms with Crippen molar-refractivity contribution in [2.24, 2.45) is 0 Å². The van der Waals surface area contributed by atoms with E-state index in [1.165, 1.54) is 0 Å². The molecule has 0 saturated carbocycles. The molecule has 1 unspecified atom stereocenters. The first kappa shape index (κ1) is 20.1. The molecule has 0 N–H and O–H groups in total. The number of hydrogen-bond donors (Lipinski definition) is 0. The fourth-order valence-electron chi connectivity index (χ4n) is 3.53. The van der Waals surface area contributed by atoms with Gasteiger partial charge in [-0.3, -0.25) is 9.59 Å². The number of nitriles is 2. The Morgan fingerprint density at radius 3 is 2.07 bits per heavy atom. The molecule has 2 aromatic rings. The molecule has 6 heteroatoms. The Bertz CT molecular complexity index is 1060. The van der Waals surface area contributed by atoms with Crippen LogP contribution in [-0.2, 0) is 0 Å². The Labute approximate surface area is 170 Å². The van der Waals surface area contributed by atoms with E-state index in [0.29, 0.717) is 35.3 Å². The maximum absolute atomic E-state index is 12.8. The largest absolute Gasteiger partial charge is 0.340 e. The van der Waals surface area contributed by atoms with Crippen LogP contribution in [0, 0.1) is 36.5 Å². The summed E-state index contributed by atoms with van der Waals surface area (Å²) in [7, 11) is 1.72. The van der Waals surface area contributed by atoms with Crippen molar-refractivity contribution >= 4 is 11.8 Å². The molecule has 1 aliphatic rings. The number of aryl methyl sites for hydroxylation is 2. The number of amides is 2. The van der Waals surface area contributed by atoms with Crippen molar-refractivity contribution in [1.82, 2.24) is 9.80 Å². The van der Waals surface area contributed by atoms with Crippen molar-refractivity contribution in [3.05, 3.63) is 69.8 Å². The molecule has 146 valence electrons. The molecule has 3 rings (SSSR count). The second-order valence-electron chi connectivity index (χ2n) is 7.41. The van der Waals surface area contributed by atoms with Crippen LogP contribution in [0.3, 0.4) is 0 Å². The van der Waals surface area contributed by atoms with Gasteiger partial charge in [-0.15, -0.1) is 0 Å². The standard InChI is InChI=1S/C23H22N4O2/c1-15-10-17(4-6-19(15)12-24)22(28)26(3)14-21-8-9-27(21)23(29)18-5-7-20(13-25)16(2)11-18/h4-7,10-11,21H,8-9,14H2,1-3H3. The summed E-state index contributed by atoms with van der Waals surface area (Å²) in [5.41, 5.74) is 3.75. The van der Waals surface area contributed by atoms with Gasteiger partial charge in [-0.25, -0.2) is 0 Å². The number of carbonyl (C=O) groups is 2. The summed E-state index contributed by atoms with van der Waals surface area (Å²) < 4.78 is 0. The van der Waals surface area contributed by atoms with Gasteiger partial charge in [0.05, 0.1) is 29.3 Å². The first-order valence-corrected chi connectivity index (χ1v) is 9.43. The molecule has 1 saturated heterocycles. The molecule has 0 aliphatic carbocycles. The summed E-state index contributed by atoms with van der Waals surface area (Å²) in [6, 6.07) is 14.3. The van der Waals surface area contributed by atoms with Crippen molar-refractivity contribution in [3.63, 3.8) is 0 Å². The van der Waals surface area contributed by atoms with Gasteiger partial charge >= 0.3 is 0 Å². The van der Waals surface area contributed by atoms with Gasteiger partial charge in [0.15, 0.2) is 0 Å². The van der Waals surface area contributed by atoms with Crippen LogP contribution in [0.4, 0.5) is 0 Å². The van der Waals surface area contributed by atoms with Crippen molar-refractivity contribution < 1.29 is 9.59 Å². The molecule has 2 aromatic carbocycles. The zero-order chi connectivity index (χ0) is 21.1. The Kier molecular flexibility index (Phi) is 5.66. The van der Waals surface area contributed by atoms with Crippen LogP contribution in [0.25, 0.3) is 0 Å². The Morgan fingerprint density at radius 2 is 1.59 bits per heavy atom. The molecule has 29 heavy (non-hydrogen) atoms. The lowest BCUT2D eigenvalue weighted by atomic mass is 9.98. The second kappa shape index (κ2) is 8.16. The van der Waals surface area contributed by atoms with E-state index in [1.54, 1.807) is 60.2 Å². The average molecular weight is 386 g/mol. The summed E-state index contributed by atoms with van der Waals surface area (Å²) in [6.07, 6.45) is 0.838. The smallest absolute Gasteiger partial charge is 0.254 e. The summed E-state index contributed by atoms with van der Waals surface area (Å²) in [6.45, 7) is 4.72. The number of nitrogens with zero attached hydrogens (tertiary/aromatic N) is 4. The topological polar surface area (TPSA) is 88.2 Å². The fraction of sp³-hybridized carbons (Fsp3) is 0.304. The third-order valence-corrected chi connectivity index (χ3v) is 5.42. The predicted molar refractivity (Wildman–Crippen MR) is 108 cm³/mol. The highest BCUT2D eigenvalue weighted by atomic mass is 16.2. The maximum atomic E-state index is 12.8. The SMILES string of the molecule is Cc1cc(C(=O)N(C)CC2CCN2C(=O)c2ccc(C#N)c(C)c2)ccc1C#N. The molecule has 0 aromatic heterocycles. The number of benzene rings is 2.